The number of halogens is 1. The van der Waals surface area contributed by atoms with Crippen LogP contribution in [0.15, 0.2) is 36.4 Å². The number of rotatable bonds is 4. The summed E-state index contributed by atoms with van der Waals surface area (Å²) in [6.45, 7) is 1.74. The van der Waals surface area contributed by atoms with Crippen molar-refractivity contribution >= 4 is 11.4 Å². The van der Waals surface area contributed by atoms with E-state index in [1.807, 2.05) is 12.1 Å². The molecule has 0 fully saturated rings. The van der Waals surface area contributed by atoms with Crippen LogP contribution in [0.5, 0.6) is 11.5 Å². The van der Waals surface area contributed by atoms with Gasteiger partial charge in [0, 0.05) is 18.7 Å². The predicted molar refractivity (Wildman–Crippen MR) is 80.4 cm³/mol. The van der Waals surface area contributed by atoms with Crippen molar-refractivity contribution in [1.29, 1.82) is 0 Å². The minimum absolute atomic E-state index is 0.216. The van der Waals surface area contributed by atoms with Crippen molar-refractivity contribution < 1.29 is 13.9 Å². The summed E-state index contributed by atoms with van der Waals surface area (Å²) in [5, 5.41) is 3.25. The molecule has 1 heterocycles. The van der Waals surface area contributed by atoms with E-state index in [1.165, 1.54) is 12.1 Å². The first-order valence-corrected chi connectivity index (χ1v) is 6.90. The maximum atomic E-state index is 13.1. The lowest BCUT2D eigenvalue weighted by molar-refractivity contribution is 0.172. The van der Waals surface area contributed by atoms with Gasteiger partial charge in [0.2, 0.25) is 0 Å². The van der Waals surface area contributed by atoms with E-state index in [4.69, 9.17) is 15.2 Å². The fraction of sp³-hybridized carbons (Fsp3) is 0.250. The number of benzene rings is 2. The molecule has 4 nitrogen and oxygen atoms in total. The van der Waals surface area contributed by atoms with E-state index in [-0.39, 0.29) is 5.82 Å². The molecule has 110 valence electrons. The predicted octanol–water partition coefficient (Wildman–Crippen LogP) is 2.83. The number of fused-ring (bicyclic) bond motifs is 1. The average molecular weight is 288 g/mol. The second-order valence-electron chi connectivity index (χ2n) is 4.89. The van der Waals surface area contributed by atoms with Crippen molar-refractivity contribution in [2.24, 2.45) is 0 Å². The van der Waals surface area contributed by atoms with Gasteiger partial charge in [-0.2, -0.15) is 0 Å². The number of hydrogen-bond donors (Lipinski definition) is 2. The highest BCUT2D eigenvalue weighted by Gasteiger charge is 2.14. The van der Waals surface area contributed by atoms with E-state index in [1.54, 1.807) is 12.1 Å². The first-order valence-electron chi connectivity index (χ1n) is 6.90. The summed E-state index contributed by atoms with van der Waals surface area (Å²) in [6.07, 6.45) is 0.714. The third-order valence-electron chi connectivity index (χ3n) is 3.33. The first-order chi connectivity index (χ1) is 10.2. The molecule has 0 bridgehead atoms. The van der Waals surface area contributed by atoms with Crippen LogP contribution in [-0.2, 0) is 6.42 Å². The Hall–Kier alpha value is -2.43. The highest BCUT2D eigenvalue weighted by molar-refractivity contribution is 5.72. The summed E-state index contributed by atoms with van der Waals surface area (Å²) in [5.41, 5.74) is 8.34. The van der Waals surface area contributed by atoms with E-state index in [0.717, 1.165) is 11.3 Å². The molecule has 21 heavy (non-hydrogen) atoms. The Morgan fingerprint density at radius 1 is 1.10 bits per heavy atom. The molecule has 0 saturated carbocycles. The molecule has 0 saturated heterocycles. The van der Waals surface area contributed by atoms with E-state index in [9.17, 15) is 4.39 Å². The van der Waals surface area contributed by atoms with E-state index in [2.05, 4.69) is 5.32 Å². The zero-order valence-electron chi connectivity index (χ0n) is 11.6. The molecule has 2 aromatic rings. The summed E-state index contributed by atoms with van der Waals surface area (Å²) >= 11 is 0. The Labute approximate surface area is 122 Å². The molecule has 0 aromatic heterocycles. The molecule has 0 unspecified atom stereocenters. The summed E-state index contributed by atoms with van der Waals surface area (Å²) in [7, 11) is 0. The van der Waals surface area contributed by atoms with Crippen molar-refractivity contribution in [3.05, 3.63) is 47.8 Å². The number of nitrogens with two attached hydrogens (primary N) is 1. The minimum Gasteiger partial charge on any atom is -0.486 e. The van der Waals surface area contributed by atoms with Gasteiger partial charge in [-0.1, -0.05) is 12.1 Å². The fourth-order valence-electron chi connectivity index (χ4n) is 2.29. The van der Waals surface area contributed by atoms with Gasteiger partial charge in [0.25, 0.3) is 0 Å². The van der Waals surface area contributed by atoms with Crippen LogP contribution in [0.3, 0.4) is 0 Å². The van der Waals surface area contributed by atoms with Crippen molar-refractivity contribution in [2.75, 3.05) is 30.8 Å². The highest BCUT2D eigenvalue weighted by atomic mass is 19.1. The van der Waals surface area contributed by atoms with E-state index >= 15 is 0 Å². The van der Waals surface area contributed by atoms with Crippen LogP contribution >= 0.6 is 0 Å². The molecule has 1 aliphatic rings. The maximum absolute atomic E-state index is 13.1. The lowest BCUT2D eigenvalue weighted by Crippen LogP contribution is -2.16. The molecular weight excluding hydrogens is 271 g/mol. The van der Waals surface area contributed by atoms with Gasteiger partial charge in [0.15, 0.2) is 11.5 Å². The molecule has 2 aromatic carbocycles. The molecule has 3 N–H and O–H groups in total. The second-order valence-corrected chi connectivity index (χ2v) is 4.89. The quantitative estimate of drug-likeness (QED) is 0.849. The Bertz CT molecular complexity index is 646. The van der Waals surface area contributed by atoms with Crippen LogP contribution in [0, 0.1) is 5.82 Å². The lowest BCUT2D eigenvalue weighted by Gasteiger charge is -2.20. The van der Waals surface area contributed by atoms with Gasteiger partial charge in [0.05, 0.1) is 11.4 Å². The number of anilines is 2. The summed E-state index contributed by atoms with van der Waals surface area (Å²) < 4.78 is 24.1. The molecule has 0 spiro atoms. The minimum atomic E-state index is -0.216. The van der Waals surface area contributed by atoms with Gasteiger partial charge in [0.1, 0.15) is 19.0 Å². The Balaban J connectivity index is 1.65. The Morgan fingerprint density at radius 2 is 1.86 bits per heavy atom. The van der Waals surface area contributed by atoms with Gasteiger partial charge in [-0.3, -0.25) is 0 Å². The zero-order valence-corrected chi connectivity index (χ0v) is 11.6. The molecular formula is C16H17FN2O2. The molecule has 0 aliphatic carbocycles. The smallest absolute Gasteiger partial charge is 0.163 e. The molecule has 0 amide bonds. The van der Waals surface area contributed by atoms with Crippen LogP contribution in [0.2, 0.25) is 0 Å². The van der Waals surface area contributed by atoms with E-state index in [0.29, 0.717) is 43.4 Å². The first kappa shape index (κ1) is 13.5. The number of hydrogen-bond acceptors (Lipinski definition) is 4. The third-order valence-corrected chi connectivity index (χ3v) is 3.33. The zero-order chi connectivity index (χ0) is 14.7. The standard InChI is InChI=1S/C16H17FN2O2/c17-12-3-1-2-11(8-12)4-5-19-14-10-16-15(9-13(14)18)20-6-7-21-16/h1-3,8-10,19H,4-7,18H2. The van der Waals surface area contributed by atoms with Crippen molar-refractivity contribution in [3.8, 4) is 11.5 Å². The SMILES string of the molecule is Nc1cc2c(cc1NCCc1cccc(F)c1)OCCO2. The number of ether oxygens (including phenoxy) is 2. The van der Waals surface area contributed by atoms with Crippen molar-refractivity contribution in [2.45, 2.75) is 6.42 Å². The van der Waals surface area contributed by atoms with Gasteiger partial charge in [-0.05, 0) is 24.1 Å². The van der Waals surface area contributed by atoms with Crippen LogP contribution in [-0.4, -0.2) is 19.8 Å². The maximum Gasteiger partial charge on any atom is 0.163 e. The normalized spacial score (nSPS) is 13.0. The van der Waals surface area contributed by atoms with Crippen LogP contribution in [0.1, 0.15) is 5.56 Å². The van der Waals surface area contributed by atoms with Crippen molar-refractivity contribution in [3.63, 3.8) is 0 Å². The molecule has 3 rings (SSSR count). The topological polar surface area (TPSA) is 56.5 Å². The molecule has 0 atom stereocenters. The lowest BCUT2D eigenvalue weighted by atomic mass is 10.1. The highest BCUT2D eigenvalue weighted by Crippen LogP contribution is 2.36. The summed E-state index contributed by atoms with van der Waals surface area (Å²) in [4.78, 5) is 0. The van der Waals surface area contributed by atoms with Gasteiger partial charge in [-0.25, -0.2) is 4.39 Å². The Kier molecular flexibility index (Phi) is 3.81. The van der Waals surface area contributed by atoms with Crippen molar-refractivity contribution in [1.82, 2.24) is 0 Å². The molecule has 1 aliphatic heterocycles. The second kappa shape index (κ2) is 5.91. The van der Waals surface area contributed by atoms with Gasteiger partial charge >= 0.3 is 0 Å². The fourth-order valence-corrected chi connectivity index (χ4v) is 2.29. The van der Waals surface area contributed by atoms with Crippen LogP contribution in [0.4, 0.5) is 15.8 Å². The molecule has 0 radical (unpaired) electrons. The monoisotopic (exact) mass is 288 g/mol. The summed E-state index contributed by atoms with van der Waals surface area (Å²) in [6, 6.07) is 10.2. The van der Waals surface area contributed by atoms with Gasteiger partial charge < -0.3 is 20.5 Å². The third kappa shape index (κ3) is 3.18. The van der Waals surface area contributed by atoms with Crippen LogP contribution in [0.25, 0.3) is 0 Å². The molecule has 5 heteroatoms. The number of nitrogens with one attached hydrogen (secondary N) is 1. The summed E-state index contributed by atoms with van der Waals surface area (Å²) in [5.74, 6) is 1.16. The van der Waals surface area contributed by atoms with Crippen LogP contribution < -0.4 is 20.5 Å². The van der Waals surface area contributed by atoms with E-state index < -0.39 is 0 Å². The number of nitrogen functional groups attached to an aromatic ring is 1. The van der Waals surface area contributed by atoms with Gasteiger partial charge in [-0.15, -0.1) is 0 Å². The largest absolute Gasteiger partial charge is 0.486 e. The Morgan fingerprint density at radius 3 is 2.62 bits per heavy atom. The average Bonchev–Trinajstić information content (AvgIpc) is 2.48.